The van der Waals surface area contributed by atoms with Crippen LogP contribution in [0.2, 0.25) is 0 Å². The number of benzene rings is 1. The van der Waals surface area contributed by atoms with Gasteiger partial charge >= 0.3 is 0 Å². The van der Waals surface area contributed by atoms with Gasteiger partial charge in [0.15, 0.2) is 0 Å². The summed E-state index contributed by atoms with van der Waals surface area (Å²) >= 11 is 3.69. The highest BCUT2D eigenvalue weighted by molar-refractivity contribution is 9.15. The molecule has 0 unspecified atom stereocenters. The van der Waals surface area contributed by atoms with Crippen molar-refractivity contribution in [3.8, 4) is 0 Å². The Balaban J connectivity index is 2.30. The zero-order valence-electron chi connectivity index (χ0n) is 7.59. The lowest BCUT2D eigenvalue weighted by atomic mass is 10.1. The SMILES string of the molecule is BrC(=C1CCCC1)c1ccccc1. The highest BCUT2D eigenvalue weighted by atomic mass is 79.9. The lowest BCUT2D eigenvalue weighted by Gasteiger charge is -2.03. The predicted octanol–water partition coefficient (Wildman–Crippen LogP) is 4.37. The van der Waals surface area contributed by atoms with Gasteiger partial charge in [0.1, 0.15) is 0 Å². The Labute approximate surface area is 87.8 Å². The summed E-state index contributed by atoms with van der Waals surface area (Å²) in [7, 11) is 0. The average Bonchev–Trinajstić information content (AvgIpc) is 2.71. The van der Waals surface area contributed by atoms with E-state index in [-0.39, 0.29) is 0 Å². The second kappa shape index (κ2) is 4.10. The quantitative estimate of drug-likeness (QED) is 0.680. The first-order valence-electron chi connectivity index (χ1n) is 4.81. The molecule has 1 aliphatic carbocycles. The van der Waals surface area contributed by atoms with Gasteiger partial charge in [0, 0.05) is 4.48 Å². The third-order valence-corrected chi connectivity index (χ3v) is 3.56. The number of rotatable bonds is 1. The van der Waals surface area contributed by atoms with Gasteiger partial charge in [-0.25, -0.2) is 0 Å². The van der Waals surface area contributed by atoms with Crippen LogP contribution in [0.25, 0.3) is 4.48 Å². The smallest absolute Gasteiger partial charge is 0.0239 e. The number of allylic oxidation sites excluding steroid dienone is 1. The number of halogens is 1. The van der Waals surface area contributed by atoms with Crippen LogP contribution in [0.5, 0.6) is 0 Å². The van der Waals surface area contributed by atoms with E-state index in [4.69, 9.17) is 0 Å². The van der Waals surface area contributed by atoms with Gasteiger partial charge < -0.3 is 0 Å². The zero-order chi connectivity index (χ0) is 9.10. The third kappa shape index (κ3) is 2.02. The normalized spacial score (nSPS) is 16.2. The van der Waals surface area contributed by atoms with Crippen molar-refractivity contribution in [3.05, 3.63) is 41.5 Å². The third-order valence-electron chi connectivity index (χ3n) is 2.54. The summed E-state index contributed by atoms with van der Waals surface area (Å²) in [6.45, 7) is 0. The molecule has 0 aliphatic heterocycles. The van der Waals surface area contributed by atoms with Crippen molar-refractivity contribution in [2.45, 2.75) is 25.7 Å². The van der Waals surface area contributed by atoms with E-state index in [1.54, 1.807) is 5.57 Å². The van der Waals surface area contributed by atoms with E-state index in [0.29, 0.717) is 0 Å². The van der Waals surface area contributed by atoms with Gasteiger partial charge in [0.25, 0.3) is 0 Å². The maximum Gasteiger partial charge on any atom is 0.0239 e. The first-order chi connectivity index (χ1) is 6.38. The predicted molar refractivity (Wildman–Crippen MR) is 60.8 cm³/mol. The highest BCUT2D eigenvalue weighted by Crippen LogP contribution is 2.34. The van der Waals surface area contributed by atoms with Gasteiger partial charge in [-0.2, -0.15) is 0 Å². The van der Waals surface area contributed by atoms with Crippen molar-refractivity contribution in [1.29, 1.82) is 0 Å². The molecule has 0 bridgehead atoms. The molecule has 2 rings (SSSR count). The summed E-state index contributed by atoms with van der Waals surface area (Å²) in [5.41, 5.74) is 2.91. The van der Waals surface area contributed by atoms with Crippen molar-refractivity contribution in [2.24, 2.45) is 0 Å². The molecule has 0 spiro atoms. The molecule has 0 saturated heterocycles. The molecule has 1 fully saturated rings. The molecule has 1 aromatic carbocycles. The minimum absolute atomic E-state index is 1.27. The molecule has 1 aromatic rings. The molecule has 13 heavy (non-hydrogen) atoms. The fourth-order valence-corrected chi connectivity index (χ4v) is 2.47. The maximum atomic E-state index is 3.69. The van der Waals surface area contributed by atoms with E-state index in [9.17, 15) is 0 Å². The molecule has 1 saturated carbocycles. The van der Waals surface area contributed by atoms with Crippen molar-refractivity contribution in [1.82, 2.24) is 0 Å². The molecular formula is C12H13Br. The van der Waals surface area contributed by atoms with Crippen molar-refractivity contribution in [2.75, 3.05) is 0 Å². The molecule has 0 N–H and O–H groups in total. The molecule has 0 nitrogen and oxygen atoms in total. The van der Waals surface area contributed by atoms with E-state index in [2.05, 4.69) is 46.3 Å². The maximum absolute atomic E-state index is 3.69. The van der Waals surface area contributed by atoms with Crippen LogP contribution in [-0.2, 0) is 0 Å². The second-order valence-corrected chi connectivity index (χ2v) is 4.28. The Hall–Kier alpha value is -0.560. The Bertz CT molecular complexity index is 303. The first kappa shape index (κ1) is 9.01. The minimum atomic E-state index is 1.27. The fourth-order valence-electron chi connectivity index (χ4n) is 1.81. The monoisotopic (exact) mass is 236 g/mol. The molecule has 1 aliphatic rings. The second-order valence-electron chi connectivity index (χ2n) is 3.49. The Morgan fingerprint density at radius 2 is 1.62 bits per heavy atom. The summed E-state index contributed by atoms with van der Waals surface area (Å²) in [6, 6.07) is 10.6. The van der Waals surface area contributed by atoms with Crippen LogP contribution in [-0.4, -0.2) is 0 Å². The van der Waals surface area contributed by atoms with E-state index < -0.39 is 0 Å². The lowest BCUT2D eigenvalue weighted by molar-refractivity contribution is 0.886. The molecule has 0 atom stereocenters. The topological polar surface area (TPSA) is 0 Å². The summed E-state index contributed by atoms with van der Waals surface area (Å²) in [4.78, 5) is 0. The van der Waals surface area contributed by atoms with Crippen LogP contribution in [0.1, 0.15) is 31.2 Å². The van der Waals surface area contributed by atoms with Crippen LogP contribution in [0.15, 0.2) is 35.9 Å². The number of hydrogen-bond acceptors (Lipinski definition) is 0. The molecule has 1 heteroatoms. The molecule has 0 heterocycles. The van der Waals surface area contributed by atoms with Gasteiger partial charge in [-0.05, 0) is 31.2 Å². The van der Waals surface area contributed by atoms with Crippen molar-refractivity contribution >= 4 is 20.4 Å². The van der Waals surface area contributed by atoms with E-state index in [0.717, 1.165) is 0 Å². The lowest BCUT2D eigenvalue weighted by Crippen LogP contribution is -1.80. The van der Waals surface area contributed by atoms with Crippen LogP contribution in [0, 0.1) is 0 Å². The van der Waals surface area contributed by atoms with Crippen LogP contribution >= 0.6 is 15.9 Å². The van der Waals surface area contributed by atoms with Crippen molar-refractivity contribution in [3.63, 3.8) is 0 Å². The zero-order valence-corrected chi connectivity index (χ0v) is 9.18. The van der Waals surface area contributed by atoms with E-state index in [1.807, 2.05) is 0 Å². The molecule has 0 amide bonds. The Morgan fingerprint density at radius 3 is 2.23 bits per heavy atom. The van der Waals surface area contributed by atoms with Gasteiger partial charge in [0.2, 0.25) is 0 Å². The Kier molecular flexibility index (Phi) is 2.84. The number of hydrogen-bond donors (Lipinski definition) is 0. The standard InChI is InChI=1S/C12H13Br/c13-12(11-8-4-5-9-11)10-6-2-1-3-7-10/h1-3,6-7H,4-5,8-9H2. The largest absolute Gasteiger partial charge is 0.0622 e. The molecule has 0 aromatic heterocycles. The van der Waals surface area contributed by atoms with Crippen molar-refractivity contribution < 1.29 is 0 Å². The fraction of sp³-hybridized carbons (Fsp3) is 0.333. The minimum Gasteiger partial charge on any atom is -0.0622 e. The summed E-state index contributed by atoms with van der Waals surface area (Å²) in [6.07, 6.45) is 5.26. The van der Waals surface area contributed by atoms with Gasteiger partial charge in [-0.1, -0.05) is 51.8 Å². The van der Waals surface area contributed by atoms with Crippen LogP contribution in [0.3, 0.4) is 0 Å². The van der Waals surface area contributed by atoms with Crippen LogP contribution < -0.4 is 0 Å². The average molecular weight is 237 g/mol. The van der Waals surface area contributed by atoms with Gasteiger partial charge in [0.05, 0.1) is 0 Å². The molecular weight excluding hydrogens is 224 g/mol. The summed E-state index contributed by atoms with van der Waals surface area (Å²) in [5, 5.41) is 0. The Morgan fingerprint density at radius 1 is 1.00 bits per heavy atom. The summed E-state index contributed by atoms with van der Waals surface area (Å²) in [5.74, 6) is 0. The molecule has 68 valence electrons. The highest BCUT2D eigenvalue weighted by Gasteiger charge is 2.11. The van der Waals surface area contributed by atoms with E-state index in [1.165, 1.54) is 35.7 Å². The van der Waals surface area contributed by atoms with Gasteiger partial charge in [-0.3, -0.25) is 0 Å². The van der Waals surface area contributed by atoms with Gasteiger partial charge in [-0.15, -0.1) is 0 Å². The summed E-state index contributed by atoms with van der Waals surface area (Å²) < 4.78 is 1.32. The first-order valence-corrected chi connectivity index (χ1v) is 5.60. The molecule has 0 radical (unpaired) electrons. The van der Waals surface area contributed by atoms with Crippen LogP contribution in [0.4, 0.5) is 0 Å². The van der Waals surface area contributed by atoms with E-state index >= 15 is 0 Å².